The molecule has 0 unspecified atom stereocenters. The Morgan fingerprint density at radius 3 is 2.85 bits per heavy atom. The van der Waals surface area contributed by atoms with Gasteiger partial charge in [-0.2, -0.15) is 0 Å². The van der Waals surface area contributed by atoms with Crippen LogP contribution in [0.4, 0.5) is 5.82 Å². The number of rotatable bonds is 4. The second kappa shape index (κ2) is 6.06. The third-order valence-corrected chi connectivity index (χ3v) is 2.96. The van der Waals surface area contributed by atoms with E-state index in [-0.39, 0.29) is 24.1 Å². The Morgan fingerprint density at radius 1 is 1.30 bits per heavy atom. The molecule has 1 heterocycles. The molecule has 2 rings (SSSR count). The van der Waals surface area contributed by atoms with Crippen molar-refractivity contribution in [3.05, 3.63) is 47.7 Å². The van der Waals surface area contributed by atoms with E-state index in [1.54, 1.807) is 6.07 Å². The number of ether oxygens (including phenoxy) is 1. The van der Waals surface area contributed by atoms with Gasteiger partial charge in [0.1, 0.15) is 5.75 Å². The van der Waals surface area contributed by atoms with Crippen molar-refractivity contribution in [2.45, 2.75) is 13.8 Å². The topological polar surface area (TPSA) is 71.5 Å². The highest BCUT2D eigenvalue weighted by atomic mass is 16.5. The van der Waals surface area contributed by atoms with Crippen molar-refractivity contribution in [2.75, 3.05) is 11.9 Å². The molecule has 0 saturated heterocycles. The number of hydrogen-bond donors (Lipinski definition) is 2. The van der Waals surface area contributed by atoms with Crippen LogP contribution < -0.4 is 10.1 Å². The zero-order chi connectivity index (χ0) is 14.5. The molecule has 5 nitrogen and oxygen atoms in total. The van der Waals surface area contributed by atoms with Crippen molar-refractivity contribution in [2.24, 2.45) is 0 Å². The fourth-order valence-corrected chi connectivity index (χ4v) is 1.69. The number of carbonyl (C=O) groups excluding carboxylic acids is 1. The quantitative estimate of drug-likeness (QED) is 0.896. The normalized spacial score (nSPS) is 10.1. The zero-order valence-corrected chi connectivity index (χ0v) is 11.4. The second-order valence-electron chi connectivity index (χ2n) is 4.41. The molecule has 5 heteroatoms. The van der Waals surface area contributed by atoms with Crippen molar-refractivity contribution >= 4 is 11.7 Å². The van der Waals surface area contributed by atoms with Gasteiger partial charge in [-0.15, -0.1) is 0 Å². The number of nitrogens with one attached hydrogen (secondary N) is 1. The van der Waals surface area contributed by atoms with Gasteiger partial charge in [-0.3, -0.25) is 4.79 Å². The molecule has 104 valence electrons. The van der Waals surface area contributed by atoms with Crippen molar-refractivity contribution < 1.29 is 14.6 Å². The molecule has 0 bridgehead atoms. The maximum Gasteiger partial charge on any atom is 0.263 e. The fraction of sp³-hybridized carbons (Fsp3) is 0.200. The minimum atomic E-state index is -0.375. The minimum absolute atomic E-state index is 0.0763. The Labute approximate surface area is 117 Å². The van der Waals surface area contributed by atoms with Crippen LogP contribution in [0.3, 0.4) is 0 Å². The molecule has 0 aliphatic carbocycles. The van der Waals surface area contributed by atoms with Crippen LogP contribution in [0.2, 0.25) is 0 Å². The molecule has 0 atom stereocenters. The van der Waals surface area contributed by atoms with Gasteiger partial charge >= 0.3 is 0 Å². The largest absolute Gasteiger partial charge is 0.504 e. The molecule has 1 aromatic heterocycles. The summed E-state index contributed by atoms with van der Waals surface area (Å²) in [6.07, 6.45) is 1.49. The molecule has 2 aromatic rings. The summed E-state index contributed by atoms with van der Waals surface area (Å²) in [5.41, 5.74) is 2.10. The smallest absolute Gasteiger partial charge is 0.263 e. The van der Waals surface area contributed by atoms with Crippen molar-refractivity contribution in [3.63, 3.8) is 0 Å². The van der Waals surface area contributed by atoms with E-state index in [0.717, 1.165) is 11.1 Å². The fourth-order valence-electron chi connectivity index (χ4n) is 1.69. The number of aromatic nitrogens is 1. The molecule has 20 heavy (non-hydrogen) atoms. The number of carbonyl (C=O) groups is 1. The minimum Gasteiger partial charge on any atom is -0.504 e. The number of nitrogens with zero attached hydrogens (tertiary/aromatic N) is 1. The van der Waals surface area contributed by atoms with E-state index in [0.29, 0.717) is 5.75 Å². The first-order chi connectivity index (χ1) is 9.58. The molecule has 2 N–H and O–H groups in total. The number of aryl methyl sites for hydroxylation is 1. The molecule has 0 aliphatic heterocycles. The molecule has 0 fully saturated rings. The summed E-state index contributed by atoms with van der Waals surface area (Å²) in [7, 11) is 0. The molecular weight excluding hydrogens is 256 g/mol. The Balaban J connectivity index is 1.96. The van der Waals surface area contributed by atoms with Gasteiger partial charge in [-0.05, 0) is 43.2 Å². The molecule has 0 aliphatic rings. The highest BCUT2D eigenvalue weighted by Crippen LogP contribution is 2.21. The molecule has 0 spiro atoms. The first-order valence-electron chi connectivity index (χ1n) is 6.21. The number of aromatic hydroxyl groups is 1. The zero-order valence-electron chi connectivity index (χ0n) is 11.4. The van der Waals surface area contributed by atoms with Crippen LogP contribution in [0.15, 0.2) is 36.5 Å². The Hall–Kier alpha value is -2.56. The molecule has 1 amide bonds. The maximum atomic E-state index is 11.7. The van der Waals surface area contributed by atoms with Crippen LogP contribution in [0.5, 0.6) is 11.5 Å². The third kappa shape index (κ3) is 3.26. The first kappa shape index (κ1) is 13.9. The van der Waals surface area contributed by atoms with Gasteiger partial charge in [0, 0.05) is 6.20 Å². The van der Waals surface area contributed by atoms with Crippen LogP contribution >= 0.6 is 0 Å². The molecule has 0 radical (unpaired) electrons. The lowest BCUT2D eigenvalue weighted by molar-refractivity contribution is -0.118. The summed E-state index contributed by atoms with van der Waals surface area (Å²) >= 11 is 0. The number of benzene rings is 1. The highest BCUT2D eigenvalue weighted by molar-refractivity contribution is 5.92. The number of amides is 1. The van der Waals surface area contributed by atoms with E-state index < -0.39 is 0 Å². The number of anilines is 1. The highest BCUT2D eigenvalue weighted by Gasteiger charge is 2.09. The van der Waals surface area contributed by atoms with Crippen LogP contribution in [-0.4, -0.2) is 22.6 Å². The average molecular weight is 272 g/mol. The van der Waals surface area contributed by atoms with Gasteiger partial charge in [0.25, 0.3) is 5.91 Å². The lowest BCUT2D eigenvalue weighted by atomic mass is 10.1. The van der Waals surface area contributed by atoms with E-state index in [9.17, 15) is 9.90 Å². The predicted molar refractivity (Wildman–Crippen MR) is 75.9 cm³/mol. The standard InChI is InChI=1S/C15H16N2O3/c1-10-5-3-7-13(11(10)2)20-9-14(19)17-15-12(18)6-4-8-16-15/h3-8,18H,9H2,1-2H3,(H,16,17,19). The predicted octanol–water partition coefficient (Wildman–Crippen LogP) is 2.42. The molecule has 1 aromatic carbocycles. The lowest BCUT2D eigenvalue weighted by Crippen LogP contribution is -2.21. The van der Waals surface area contributed by atoms with Gasteiger partial charge in [0.15, 0.2) is 18.2 Å². The van der Waals surface area contributed by atoms with Gasteiger partial charge in [0.05, 0.1) is 0 Å². The monoisotopic (exact) mass is 272 g/mol. The van der Waals surface area contributed by atoms with E-state index in [1.165, 1.54) is 12.3 Å². The van der Waals surface area contributed by atoms with Crippen LogP contribution in [0.25, 0.3) is 0 Å². The van der Waals surface area contributed by atoms with Crippen LogP contribution in [-0.2, 0) is 4.79 Å². The Kier molecular flexibility index (Phi) is 4.20. The van der Waals surface area contributed by atoms with Crippen LogP contribution in [0.1, 0.15) is 11.1 Å². The van der Waals surface area contributed by atoms with Gasteiger partial charge < -0.3 is 15.2 Å². The summed E-state index contributed by atoms with van der Waals surface area (Å²) in [5, 5.41) is 12.0. The van der Waals surface area contributed by atoms with E-state index in [2.05, 4.69) is 10.3 Å². The van der Waals surface area contributed by atoms with E-state index in [1.807, 2.05) is 32.0 Å². The summed E-state index contributed by atoms with van der Waals surface area (Å²) in [6, 6.07) is 8.70. The second-order valence-corrected chi connectivity index (χ2v) is 4.41. The van der Waals surface area contributed by atoms with Crippen molar-refractivity contribution in [3.8, 4) is 11.5 Å². The summed E-state index contributed by atoms with van der Waals surface area (Å²) in [5.74, 6) is 0.347. The van der Waals surface area contributed by atoms with E-state index in [4.69, 9.17) is 4.74 Å². The maximum absolute atomic E-state index is 11.7. The first-order valence-corrected chi connectivity index (χ1v) is 6.21. The van der Waals surface area contributed by atoms with Crippen molar-refractivity contribution in [1.82, 2.24) is 4.98 Å². The molecule has 0 saturated carbocycles. The third-order valence-electron chi connectivity index (χ3n) is 2.96. The lowest BCUT2D eigenvalue weighted by Gasteiger charge is -2.11. The Bertz CT molecular complexity index is 626. The van der Waals surface area contributed by atoms with E-state index >= 15 is 0 Å². The SMILES string of the molecule is Cc1cccc(OCC(=O)Nc2ncccc2O)c1C. The number of hydrogen-bond acceptors (Lipinski definition) is 4. The van der Waals surface area contributed by atoms with Crippen LogP contribution in [0, 0.1) is 13.8 Å². The van der Waals surface area contributed by atoms with Gasteiger partial charge in [-0.1, -0.05) is 12.1 Å². The van der Waals surface area contributed by atoms with Gasteiger partial charge in [0.2, 0.25) is 0 Å². The summed E-state index contributed by atoms with van der Waals surface area (Å²) in [6.45, 7) is 3.78. The summed E-state index contributed by atoms with van der Waals surface area (Å²) < 4.78 is 5.47. The molecular formula is C15H16N2O3. The Morgan fingerprint density at radius 2 is 2.10 bits per heavy atom. The average Bonchev–Trinajstić information content (AvgIpc) is 2.43. The van der Waals surface area contributed by atoms with Crippen molar-refractivity contribution in [1.29, 1.82) is 0 Å². The summed E-state index contributed by atoms with van der Waals surface area (Å²) in [4.78, 5) is 15.6. The number of pyridine rings is 1. The van der Waals surface area contributed by atoms with Gasteiger partial charge in [-0.25, -0.2) is 4.98 Å².